The molecule has 0 saturated carbocycles. The largest absolute Gasteiger partial charge is 0.268 e. The fourth-order valence-corrected chi connectivity index (χ4v) is 3.53. The highest BCUT2D eigenvalue weighted by Gasteiger charge is 2.11. The van der Waals surface area contributed by atoms with Crippen LogP contribution in [0.4, 0.5) is 0 Å². The third-order valence-corrected chi connectivity index (χ3v) is 5.01. The van der Waals surface area contributed by atoms with Crippen molar-refractivity contribution in [1.29, 1.82) is 0 Å². The molecule has 1 heterocycles. The Morgan fingerprint density at radius 1 is 0.926 bits per heavy atom. The van der Waals surface area contributed by atoms with Crippen LogP contribution in [0.1, 0.15) is 17.0 Å². The van der Waals surface area contributed by atoms with Crippen molar-refractivity contribution in [3.8, 4) is 5.69 Å². The summed E-state index contributed by atoms with van der Waals surface area (Å²) in [6.45, 7) is 2.02. The van der Waals surface area contributed by atoms with Crippen LogP contribution in [0.2, 0.25) is 0 Å². The normalized spacial score (nSPS) is 11.3. The van der Waals surface area contributed by atoms with Crippen LogP contribution in [-0.2, 0) is 0 Å². The summed E-state index contributed by atoms with van der Waals surface area (Å²) in [5, 5.41) is 0.625. The van der Waals surface area contributed by atoms with Crippen molar-refractivity contribution in [1.82, 2.24) is 9.55 Å². The highest BCUT2D eigenvalue weighted by molar-refractivity contribution is 14.1. The Labute approximate surface area is 171 Å². The highest BCUT2D eigenvalue weighted by Crippen LogP contribution is 2.18. The molecule has 1 aromatic heterocycles. The number of hydrogen-bond donors (Lipinski definition) is 0. The zero-order chi connectivity index (χ0) is 18.8. The Hall–Kier alpha value is -2.73. The summed E-state index contributed by atoms with van der Waals surface area (Å²) in [4.78, 5) is 18.1. The Morgan fingerprint density at radius 3 is 2.52 bits per heavy atom. The van der Waals surface area contributed by atoms with Crippen molar-refractivity contribution in [2.75, 3.05) is 0 Å². The van der Waals surface area contributed by atoms with Crippen LogP contribution >= 0.6 is 22.6 Å². The zero-order valence-corrected chi connectivity index (χ0v) is 16.9. The molecule has 4 heteroatoms. The summed E-state index contributed by atoms with van der Waals surface area (Å²) >= 11 is 2.22. The maximum Gasteiger partial charge on any atom is 0.266 e. The predicted molar refractivity (Wildman–Crippen MR) is 120 cm³/mol. The molecule has 0 aliphatic rings. The molecule has 0 unspecified atom stereocenters. The van der Waals surface area contributed by atoms with Gasteiger partial charge in [-0.05, 0) is 77.0 Å². The van der Waals surface area contributed by atoms with E-state index >= 15 is 0 Å². The van der Waals surface area contributed by atoms with E-state index in [-0.39, 0.29) is 5.56 Å². The van der Waals surface area contributed by atoms with Crippen LogP contribution in [0.5, 0.6) is 0 Å². The third-order valence-electron chi connectivity index (χ3n) is 4.34. The number of nitrogens with zero attached hydrogens (tertiary/aromatic N) is 2. The summed E-state index contributed by atoms with van der Waals surface area (Å²) < 4.78 is 2.70. The molecule has 4 rings (SSSR count). The lowest BCUT2D eigenvalue weighted by Gasteiger charge is -2.12. The van der Waals surface area contributed by atoms with Gasteiger partial charge in [0, 0.05) is 3.57 Å². The van der Waals surface area contributed by atoms with Gasteiger partial charge in [-0.1, -0.05) is 48.5 Å². The summed E-state index contributed by atoms with van der Waals surface area (Å²) in [7, 11) is 0. The van der Waals surface area contributed by atoms with Crippen LogP contribution in [0.25, 0.3) is 28.7 Å². The Balaban J connectivity index is 1.98. The minimum absolute atomic E-state index is 0.0585. The number of rotatable bonds is 3. The molecule has 3 nitrogen and oxygen atoms in total. The van der Waals surface area contributed by atoms with Gasteiger partial charge in [0.05, 0.1) is 16.6 Å². The van der Waals surface area contributed by atoms with Gasteiger partial charge in [-0.2, -0.15) is 0 Å². The van der Waals surface area contributed by atoms with Gasteiger partial charge >= 0.3 is 0 Å². The molecule has 0 spiro atoms. The Bertz CT molecular complexity index is 1210. The highest BCUT2D eigenvalue weighted by atomic mass is 127. The predicted octanol–water partition coefficient (Wildman–Crippen LogP) is 5.47. The van der Waals surface area contributed by atoms with Gasteiger partial charge in [-0.15, -0.1) is 0 Å². The lowest BCUT2D eigenvalue weighted by atomic mass is 10.2. The van der Waals surface area contributed by atoms with E-state index in [1.54, 1.807) is 4.57 Å². The first-order chi connectivity index (χ1) is 13.1. The van der Waals surface area contributed by atoms with Crippen LogP contribution < -0.4 is 5.56 Å². The average molecular weight is 464 g/mol. The minimum Gasteiger partial charge on any atom is -0.268 e. The summed E-state index contributed by atoms with van der Waals surface area (Å²) in [6.07, 6.45) is 3.88. The van der Waals surface area contributed by atoms with Crippen molar-refractivity contribution >= 4 is 45.6 Å². The van der Waals surface area contributed by atoms with Crippen molar-refractivity contribution in [3.63, 3.8) is 0 Å². The molecule has 0 radical (unpaired) electrons. The quantitative estimate of drug-likeness (QED) is 0.377. The second-order valence-electron chi connectivity index (χ2n) is 6.36. The number of hydrogen-bond acceptors (Lipinski definition) is 2. The second kappa shape index (κ2) is 7.48. The van der Waals surface area contributed by atoms with Gasteiger partial charge in [0.25, 0.3) is 5.56 Å². The summed E-state index contributed by atoms with van der Waals surface area (Å²) in [5.41, 5.74) is 3.63. The fraction of sp³-hybridized carbons (Fsp3) is 0.0435. The number of fused-ring (bicyclic) bond motifs is 1. The molecule has 27 heavy (non-hydrogen) atoms. The SMILES string of the molecule is Cc1cccc(-n2c(/C=C/c3ccccc3)nc3ccc(I)cc3c2=O)c1. The van der Waals surface area contributed by atoms with E-state index in [0.29, 0.717) is 16.7 Å². The van der Waals surface area contributed by atoms with E-state index in [2.05, 4.69) is 22.6 Å². The van der Waals surface area contributed by atoms with E-state index in [4.69, 9.17) is 4.98 Å². The van der Waals surface area contributed by atoms with E-state index < -0.39 is 0 Å². The van der Waals surface area contributed by atoms with Gasteiger partial charge in [0.2, 0.25) is 0 Å². The molecule has 0 amide bonds. The van der Waals surface area contributed by atoms with Crippen LogP contribution in [0, 0.1) is 10.5 Å². The Kier molecular flexibility index (Phi) is 4.90. The lowest BCUT2D eigenvalue weighted by molar-refractivity contribution is 0.942. The second-order valence-corrected chi connectivity index (χ2v) is 7.60. The van der Waals surface area contributed by atoms with E-state index in [1.807, 2.05) is 91.9 Å². The maximum absolute atomic E-state index is 13.3. The lowest BCUT2D eigenvalue weighted by Crippen LogP contribution is -2.22. The molecule has 0 aliphatic carbocycles. The van der Waals surface area contributed by atoms with Crippen molar-refractivity contribution in [3.05, 3.63) is 104 Å². The molecule has 4 aromatic rings. The minimum atomic E-state index is -0.0585. The van der Waals surface area contributed by atoms with Crippen molar-refractivity contribution < 1.29 is 0 Å². The van der Waals surface area contributed by atoms with Crippen LogP contribution in [0.15, 0.2) is 77.6 Å². The first-order valence-electron chi connectivity index (χ1n) is 8.64. The topological polar surface area (TPSA) is 34.9 Å². The monoisotopic (exact) mass is 464 g/mol. The van der Waals surface area contributed by atoms with Gasteiger partial charge in [0.1, 0.15) is 5.82 Å². The molecule has 0 N–H and O–H groups in total. The van der Waals surface area contributed by atoms with Crippen LogP contribution in [0.3, 0.4) is 0 Å². The summed E-state index contributed by atoms with van der Waals surface area (Å²) in [5.74, 6) is 0.614. The smallest absolute Gasteiger partial charge is 0.266 e. The number of aryl methyl sites for hydroxylation is 1. The molecule has 0 bridgehead atoms. The van der Waals surface area contributed by atoms with Crippen LogP contribution in [-0.4, -0.2) is 9.55 Å². The first kappa shape index (κ1) is 17.7. The standard InChI is InChI=1S/C23H17IN2O/c1-16-6-5-9-19(14-16)26-22(13-10-17-7-3-2-4-8-17)25-21-12-11-18(24)15-20(21)23(26)27/h2-15H,1H3/b13-10+. The maximum atomic E-state index is 13.3. The zero-order valence-electron chi connectivity index (χ0n) is 14.8. The average Bonchev–Trinajstić information content (AvgIpc) is 2.68. The van der Waals surface area contributed by atoms with Gasteiger partial charge in [-0.25, -0.2) is 4.98 Å². The molecule has 132 valence electrons. The van der Waals surface area contributed by atoms with Gasteiger partial charge < -0.3 is 0 Å². The first-order valence-corrected chi connectivity index (χ1v) is 9.72. The molecular formula is C23H17IN2O. The molecule has 0 atom stereocenters. The summed E-state index contributed by atoms with van der Waals surface area (Å²) in [6, 6.07) is 23.7. The fourth-order valence-electron chi connectivity index (χ4n) is 3.04. The molecule has 0 aliphatic heterocycles. The van der Waals surface area contributed by atoms with Gasteiger partial charge in [-0.3, -0.25) is 9.36 Å². The van der Waals surface area contributed by atoms with Crippen molar-refractivity contribution in [2.24, 2.45) is 0 Å². The molecule has 0 fully saturated rings. The van der Waals surface area contributed by atoms with Gasteiger partial charge in [0.15, 0.2) is 0 Å². The number of aromatic nitrogens is 2. The molecule has 0 saturated heterocycles. The molecular weight excluding hydrogens is 447 g/mol. The molecule has 3 aromatic carbocycles. The number of benzene rings is 3. The third kappa shape index (κ3) is 3.71. The number of halogens is 1. The van der Waals surface area contributed by atoms with Crippen molar-refractivity contribution in [2.45, 2.75) is 6.92 Å². The van der Waals surface area contributed by atoms with E-state index in [9.17, 15) is 4.79 Å². The van der Waals surface area contributed by atoms with E-state index in [1.165, 1.54) is 0 Å². The Morgan fingerprint density at radius 2 is 1.74 bits per heavy atom. The van der Waals surface area contributed by atoms with E-state index in [0.717, 1.165) is 20.4 Å².